The second kappa shape index (κ2) is 8.15. The van der Waals surface area contributed by atoms with E-state index in [4.69, 9.17) is 21.1 Å². The highest BCUT2D eigenvalue weighted by Crippen LogP contribution is 2.43. The lowest BCUT2D eigenvalue weighted by atomic mass is 9.98. The summed E-state index contributed by atoms with van der Waals surface area (Å²) in [5.74, 6) is 0.725. The van der Waals surface area contributed by atoms with Gasteiger partial charge in [-0.1, -0.05) is 35.4 Å². The van der Waals surface area contributed by atoms with Crippen LogP contribution >= 0.6 is 11.6 Å². The van der Waals surface area contributed by atoms with Gasteiger partial charge >= 0.3 is 0 Å². The maximum atomic E-state index is 13.6. The van der Waals surface area contributed by atoms with Crippen LogP contribution in [-0.2, 0) is 23.0 Å². The number of ether oxygens (including phenoxy) is 2. The zero-order valence-electron chi connectivity index (χ0n) is 16.9. The summed E-state index contributed by atoms with van der Waals surface area (Å²) in [7, 11) is -2.80. The van der Waals surface area contributed by atoms with Crippen molar-refractivity contribution in [1.29, 1.82) is 0 Å². The molecule has 0 amide bonds. The zero-order chi connectivity index (χ0) is 22.3. The normalized spacial score (nSPS) is 15.5. The number of fused-ring (bicyclic) bond motifs is 1. The number of benzene rings is 3. The summed E-state index contributed by atoms with van der Waals surface area (Å²) in [6.07, 6.45) is 0.462. The average molecular weight is 463 g/mol. The van der Waals surface area contributed by atoms with Crippen LogP contribution in [0.4, 0.5) is 4.39 Å². The van der Waals surface area contributed by atoms with Crippen molar-refractivity contribution in [1.82, 2.24) is 0 Å². The predicted octanol–water partition coefficient (Wildman–Crippen LogP) is 5.26. The minimum Gasteiger partial charge on any atom is -0.497 e. The van der Waals surface area contributed by atoms with Crippen LogP contribution in [0.5, 0.6) is 11.5 Å². The second-order valence-electron chi connectivity index (χ2n) is 7.53. The van der Waals surface area contributed by atoms with Gasteiger partial charge in [0.25, 0.3) is 10.1 Å². The van der Waals surface area contributed by atoms with Crippen molar-refractivity contribution in [2.75, 3.05) is 7.11 Å². The molecule has 4 rings (SSSR count). The van der Waals surface area contributed by atoms with E-state index in [1.807, 2.05) is 13.0 Å². The van der Waals surface area contributed by atoms with Crippen molar-refractivity contribution >= 4 is 21.7 Å². The molecule has 31 heavy (non-hydrogen) atoms. The van der Waals surface area contributed by atoms with Crippen LogP contribution in [0, 0.1) is 12.7 Å². The highest BCUT2D eigenvalue weighted by Gasteiger charge is 2.29. The molecule has 1 N–H and O–H groups in total. The van der Waals surface area contributed by atoms with Gasteiger partial charge in [-0.25, -0.2) is 4.39 Å². The first kappa shape index (κ1) is 21.6. The lowest BCUT2D eigenvalue weighted by molar-refractivity contribution is 0.233. The van der Waals surface area contributed by atoms with E-state index in [0.717, 1.165) is 11.1 Å². The Kier molecular flexibility index (Phi) is 5.68. The van der Waals surface area contributed by atoms with E-state index >= 15 is 0 Å². The third-order valence-electron chi connectivity index (χ3n) is 5.28. The number of aryl methyl sites for hydroxylation is 1. The molecule has 0 bridgehead atoms. The molecule has 0 aliphatic carbocycles. The highest BCUT2D eigenvalue weighted by molar-refractivity contribution is 7.85. The lowest BCUT2D eigenvalue weighted by Crippen LogP contribution is -2.18. The summed E-state index contributed by atoms with van der Waals surface area (Å²) in [6, 6.07) is 12.9. The molecule has 162 valence electrons. The molecule has 5 nitrogen and oxygen atoms in total. The monoisotopic (exact) mass is 462 g/mol. The molecule has 0 spiro atoms. The summed E-state index contributed by atoms with van der Waals surface area (Å²) in [5.41, 5.74) is 3.63. The van der Waals surface area contributed by atoms with E-state index in [2.05, 4.69) is 0 Å². The summed E-state index contributed by atoms with van der Waals surface area (Å²) in [6.45, 7) is 1.85. The summed E-state index contributed by atoms with van der Waals surface area (Å²) in [5, 5.41) is 0.00109. The maximum Gasteiger partial charge on any atom is 0.294 e. The fraction of sp³-hybridized carbons (Fsp3) is 0.217. The van der Waals surface area contributed by atoms with Crippen molar-refractivity contribution in [3.63, 3.8) is 0 Å². The highest BCUT2D eigenvalue weighted by atomic mass is 35.5. The molecule has 3 aromatic rings. The largest absolute Gasteiger partial charge is 0.497 e. The van der Waals surface area contributed by atoms with Crippen LogP contribution < -0.4 is 9.47 Å². The SMILES string of the molecule is COc1cc2c(c(-c3ccc(F)c(Cl)c3)c1)OC(Cc1cc(C)ccc1S(=O)(=O)O)C2. The number of rotatable bonds is 5. The molecule has 0 fully saturated rings. The van der Waals surface area contributed by atoms with E-state index in [-0.39, 0.29) is 22.4 Å². The van der Waals surface area contributed by atoms with Gasteiger partial charge in [-0.05, 0) is 48.4 Å². The minimum atomic E-state index is -4.36. The van der Waals surface area contributed by atoms with Gasteiger partial charge in [0.1, 0.15) is 23.4 Å². The molecule has 0 aromatic heterocycles. The summed E-state index contributed by atoms with van der Waals surface area (Å²) >= 11 is 5.97. The van der Waals surface area contributed by atoms with Gasteiger partial charge in [-0.2, -0.15) is 8.42 Å². The Hall–Kier alpha value is -2.61. The molecule has 3 aromatic carbocycles. The average Bonchev–Trinajstić information content (AvgIpc) is 3.10. The molecular weight excluding hydrogens is 443 g/mol. The smallest absolute Gasteiger partial charge is 0.294 e. The Morgan fingerprint density at radius 1 is 1.19 bits per heavy atom. The minimum absolute atomic E-state index is 0.00109. The molecule has 0 saturated heterocycles. The van der Waals surface area contributed by atoms with Crippen LogP contribution in [0.3, 0.4) is 0 Å². The van der Waals surface area contributed by atoms with Crippen molar-refractivity contribution < 1.29 is 26.8 Å². The van der Waals surface area contributed by atoms with Gasteiger partial charge in [-0.15, -0.1) is 0 Å². The first-order valence-corrected chi connectivity index (χ1v) is 11.4. The van der Waals surface area contributed by atoms with Crippen molar-refractivity contribution in [2.24, 2.45) is 0 Å². The molecule has 1 aliphatic heterocycles. The predicted molar refractivity (Wildman–Crippen MR) is 116 cm³/mol. The number of hydrogen-bond donors (Lipinski definition) is 1. The topological polar surface area (TPSA) is 72.8 Å². The Balaban J connectivity index is 1.71. The Bertz CT molecular complexity index is 1270. The number of halogens is 2. The first-order valence-electron chi connectivity index (χ1n) is 9.55. The second-order valence-corrected chi connectivity index (χ2v) is 9.32. The van der Waals surface area contributed by atoms with Crippen LogP contribution in [-0.4, -0.2) is 26.2 Å². The quantitative estimate of drug-likeness (QED) is 0.524. The molecule has 1 atom stereocenters. The standard InChI is InChI=1S/C23H20ClFO5S/c1-13-3-6-22(31(26,27)28)15(7-13)8-18-10-16-9-17(29-2)12-19(23(16)30-18)14-4-5-21(25)20(24)11-14/h3-7,9,11-12,18H,8,10H2,1-2H3,(H,26,27,28). The third-order valence-corrected chi connectivity index (χ3v) is 6.52. The summed E-state index contributed by atoms with van der Waals surface area (Å²) < 4.78 is 58.4. The van der Waals surface area contributed by atoms with Crippen molar-refractivity contribution in [2.45, 2.75) is 30.8 Å². The van der Waals surface area contributed by atoms with E-state index in [1.165, 1.54) is 18.2 Å². The Morgan fingerprint density at radius 2 is 1.97 bits per heavy atom. The molecule has 8 heteroatoms. The Morgan fingerprint density at radius 3 is 2.65 bits per heavy atom. The van der Waals surface area contributed by atoms with Gasteiger partial charge in [0, 0.05) is 24.0 Å². The third kappa shape index (κ3) is 4.39. The van der Waals surface area contributed by atoms with Gasteiger partial charge in [0.05, 0.1) is 17.0 Å². The van der Waals surface area contributed by atoms with E-state index in [0.29, 0.717) is 34.6 Å². The van der Waals surface area contributed by atoms with E-state index < -0.39 is 15.9 Å². The molecule has 0 saturated carbocycles. The van der Waals surface area contributed by atoms with Gasteiger partial charge < -0.3 is 9.47 Å². The van der Waals surface area contributed by atoms with Crippen LogP contribution in [0.25, 0.3) is 11.1 Å². The zero-order valence-corrected chi connectivity index (χ0v) is 18.4. The van der Waals surface area contributed by atoms with E-state index in [9.17, 15) is 17.4 Å². The molecule has 1 heterocycles. The number of methoxy groups -OCH3 is 1. The van der Waals surface area contributed by atoms with Gasteiger partial charge in [0.2, 0.25) is 0 Å². The first-order chi connectivity index (χ1) is 14.7. The van der Waals surface area contributed by atoms with Crippen molar-refractivity contribution in [3.05, 3.63) is 76.1 Å². The molecule has 1 unspecified atom stereocenters. The fourth-order valence-electron chi connectivity index (χ4n) is 3.88. The van der Waals surface area contributed by atoms with Gasteiger partial charge in [0.15, 0.2) is 0 Å². The molecule has 1 aliphatic rings. The molecule has 0 radical (unpaired) electrons. The maximum absolute atomic E-state index is 13.6. The van der Waals surface area contributed by atoms with E-state index in [1.54, 1.807) is 31.4 Å². The lowest BCUT2D eigenvalue weighted by Gasteiger charge is -2.15. The summed E-state index contributed by atoms with van der Waals surface area (Å²) in [4.78, 5) is -0.124. The number of hydrogen-bond acceptors (Lipinski definition) is 4. The van der Waals surface area contributed by atoms with Gasteiger partial charge in [-0.3, -0.25) is 4.55 Å². The molecular formula is C23H20ClFO5S. The van der Waals surface area contributed by atoms with Crippen molar-refractivity contribution in [3.8, 4) is 22.6 Å². The van der Waals surface area contributed by atoms with Crippen LogP contribution in [0.2, 0.25) is 5.02 Å². The Labute approximate surface area is 185 Å². The van der Waals surface area contributed by atoms with Crippen LogP contribution in [0.15, 0.2) is 53.4 Å². The fourth-order valence-corrected chi connectivity index (χ4v) is 4.77. The van der Waals surface area contributed by atoms with Crippen LogP contribution in [0.1, 0.15) is 16.7 Å².